The largest absolute Gasteiger partial charge is 0.420 e. The molecule has 0 aromatic carbocycles. The number of allylic oxidation sites excluding steroid dienone is 1. The van der Waals surface area contributed by atoms with Crippen molar-refractivity contribution in [3.05, 3.63) is 68.5 Å². The summed E-state index contributed by atoms with van der Waals surface area (Å²) in [4.78, 5) is 30.8. The van der Waals surface area contributed by atoms with Crippen LogP contribution in [0.3, 0.4) is 0 Å². The highest BCUT2D eigenvalue weighted by Crippen LogP contribution is 2.43. The number of pyridine rings is 1. The fourth-order valence-electron chi connectivity index (χ4n) is 4.92. The van der Waals surface area contributed by atoms with Gasteiger partial charge in [0.05, 0.1) is 23.1 Å². The third-order valence-corrected chi connectivity index (χ3v) is 7.14. The van der Waals surface area contributed by atoms with Crippen molar-refractivity contribution in [1.82, 2.24) is 24.5 Å². The molecule has 2 atom stereocenters. The molecule has 1 aliphatic heterocycles. The second-order valence-electron chi connectivity index (χ2n) is 9.82. The molecule has 10 heteroatoms. The molecule has 0 spiro atoms. The van der Waals surface area contributed by atoms with Crippen LogP contribution in [0.15, 0.2) is 34.4 Å². The lowest BCUT2D eigenvalue weighted by Crippen LogP contribution is -2.23. The summed E-state index contributed by atoms with van der Waals surface area (Å²) >= 11 is 0. The third kappa shape index (κ3) is 4.14. The maximum absolute atomic E-state index is 13.1. The van der Waals surface area contributed by atoms with E-state index in [2.05, 4.69) is 5.73 Å². The van der Waals surface area contributed by atoms with E-state index in [9.17, 15) is 18.0 Å². The predicted octanol–water partition coefficient (Wildman–Crippen LogP) is 4.81. The summed E-state index contributed by atoms with van der Waals surface area (Å²) < 4.78 is 46.9. The number of ether oxygens (including phenoxy) is 1. The van der Waals surface area contributed by atoms with Crippen LogP contribution in [0.4, 0.5) is 13.2 Å². The number of hydrogen-bond donors (Lipinski definition) is 0. The van der Waals surface area contributed by atoms with Gasteiger partial charge in [0, 0.05) is 49.7 Å². The lowest BCUT2D eigenvalue weighted by Gasteiger charge is -2.29. The highest BCUT2D eigenvalue weighted by Gasteiger charge is 2.39. The summed E-state index contributed by atoms with van der Waals surface area (Å²) in [7, 11) is 1.69. The molecule has 3 aromatic rings. The highest BCUT2D eigenvalue weighted by molar-refractivity contribution is 5.87. The topological polar surface area (TPSA) is 82.8 Å². The standard InChI is InChI=1S/C26H24F3N5O2/c1-13-21(14-3-4-14)31-25-23(30-13)22(17-9-18(10-17)26(27,28)29)32-24(33-25)15-7-8-36-19(11-15)16-5-6-20(35)34(2)12-16/h5-6,12,14-15,19H,3-4,7-9,11H2,1-2H3/t15-,19+/m0/s1. The molecule has 1 saturated carbocycles. The number of fused-ring (bicyclic) bond motifs is 1. The zero-order chi connectivity index (χ0) is 25.2. The first kappa shape index (κ1) is 23.1. The third-order valence-electron chi connectivity index (χ3n) is 7.14. The van der Waals surface area contributed by atoms with Crippen molar-refractivity contribution >= 4 is 16.7 Å². The molecule has 36 heavy (non-hydrogen) atoms. The van der Waals surface area contributed by atoms with E-state index in [1.54, 1.807) is 19.3 Å². The summed E-state index contributed by atoms with van der Waals surface area (Å²) in [5.74, 6) is 0.814. The molecule has 0 amide bonds. The molecular formula is C26H24F3N5O2. The Morgan fingerprint density at radius 3 is 2.56 bits per heavy atom. The molecule has 0 N–H and O–H groups in total. The number of nitrogens with zero attached hydrogens (tertiary/aromatic N) is 5. The molecule has 1 saturated heterocycles. The second kappa shape index (κ2) is 8.35. The molecule has 3 aromatic heterocycles. The molecule has 3 aliphatic rings. The van der Waals surface area contributed by atoms with Gasteiger partial charge in [-0.2, -0.15) is 13.2 Å². The first-order valence-electron chi connectivity index (χ1n) is 12.1. The van der Waals surface area contributed by atoms with Crippen molar-refractivity contribution in [3.8, 4) is 0 Å². The van der Waals surface area contributed by atoms with Crippen LogP contribution in [-0.4, -0.2) is 37.3 Å². The van der Waals surface area contributed by atoms with Gasteiger partial charge in [0.15, 0.2) is 5.65 Å². The van der Waals surface area contributed by atoms with Gasteiger partial charge in [-0.15, -0.1) is 5.73 Å². The first-order valence-corrected chi connectivity index (χ1v) is 12.1. The van der Waals surface area contributed by atoms with Crippen molar-refractivity contribution in [2.24, 2.45) is 7.05 Å². The van der Waals surface area contributed by atoms with Crippen LogP contribution in [0.1, 0.15) is 78.5 Å². The molecule has 0 radical (unpaired) electrons. The molecule has 0 unspecified atom stereocenters. The SMILES string of the molecule is Cc1nc2c(C3=C=C(C(F)(F)F)C3)nc([C@H]3CCO[C@@H](c4ccc(=O)n(C)c4)C3)nc2nc1C1CC1. The lowest BCUT2D eigenvalue weighted by molar-refractivity contribution is -0.0934. The normalized spacial score (nSPS) is 22.2. The minimum Gasteiger partial charge on any atom is -0.373 e. The van der Waals surface area contributed by atoms with Crippen molar-refractivity contribution in [1.29, 1.82) is 0 Å². The Kier molecular flexibility index (Phi) is 5.35. The van der Waals surface area contributed by atoms with Gasteiger partial charge in [-0.3, -0.25) is 4.79 Å². The van der Waals surface area contributed by atoms with Crippen molar-refractivity contribution < 1.29 is 17.9 Å². The Bertz CT molecular complexity index is 1520. The van der Waals surface area contributed by atoms with Crippen molar-refractivity contribution in [2.45, 2.75) is 63.1 Å². The fraction of sp³-hybridized carbons (Fsp3) is 0.462. The number of rotatable bonds is 4. The molecule has 186 valence electrons. The number of hydrogen-bond acceptors (Lipinski definition) is 6. The Morgan fingerprint density at radius 1 is 1.08 bits per heavy atom. The number of halogens is 3. The summed E-state index contributed by atoms with van der Waals surface area (Å²) in [6.45, 7) is 2.35. The zero-order valence-electron chi connectivity index (χ0n) is 19.9. The van der Waals surface area contributed by atoms with Gasteiger partial charge in [0.2, 0.25) is 5.56 Å². The summed E-state index contributed by atoms with van der Waals surface area (Å²) in [6, 6.07) is 3.28. The average molecular weight is 496 g/mol. The van der Waals surface area contributed by atoms with Gasteiger partial charge < -0.3 is 9.30 Å². The van der Waals surface area contributed by atoms with Crippen LogP contribution in [0.2, 0.25) is 0 Å². The number of aromatic nitrogens is 5. The Hall–Kier alpha value is -3.36. The monoisotopic (exact) mass is 495 g/mol. The number of aryl methyl sites for hydroxylation is 2. The summed E-state index contributed by atoms with van der Waals surface area (Å²) in [5.41, 5.74) is 5.83. The zero-order valence-corrected chi connectivity index (χ0v) is 19.9. The van der Waals surface area contributed by atoms with E-state index in [1.165, 1.54) is 10.6 Å². The van der Waals surface area contributed by atoms with Crippen LogP contribution in [0, 0.1) is 6.92 Å². The predicted molar refractivity (Wildman–Crippen MR) is 125 cm³/mol. The van der Waals surface area contributed by atoms with E-state index in [1.807, 2.05) is 6.92 Å². The molecule has 6 rings (SSSR count). The lowest BCUT2D eigenvalue weighted by atomic mass is 9.90. The van der Waals surface area contributed by atoms with E-state index in [-0.39, 0.29) is 24.0 Å². The van der Waals surface area contributed by atoms with Crippen LogP contribution in [0.25, 0.3) is 16.7 Å². The van der Waals surface area contributed by atoms with Crippen LogP contribution in [0.5, 0.6) is 0 Å². The van der Waals surface area contributed by atoms with E-state index in [0.29, 0.717) is 53.6 Å². The van der Waals surface area contributed by atoms with E-state index in [4.69, 9.17) is 24.7 Å². The van der Waals surface area contributed by atoms with Gasteiger partial charge in [0.25, 0.3) is 0 Å². The highest BCUT2D eigenvalue weighted by atomic mass is 19.4. The maximum atomic E-state index is 13.1. The number of alkyl halides is 3. The van der Waals surface area contributed by atoms with Gasteiger partial charge in [0.1, 0.15) is 17.0 Å². The van der Waals surface area contributed by atoms with Crippen LogP contribution in [-0.2, 0) is 11.8 Å². The van der Waals surface area contributed by atoms with Crippen LogP contribution >= 0.6 is 0 Å². The van der Waals surface area contributed by atoms with E-state index < -0.39 is 11.7 Å². The molecule has 0 bridgehead atoms. The molecule has 2 fully saturated rings. The minimum absolute atomic E-state index is 0.0802. The van der Waals surface area contributed by atoms with Crippen molar-refractivity contribution in [2.75, 3.05) is 6.61 Å². The minimum atomic E-state index is -4.40. The molecule has 2 aliphatic carbocycles. The summed E-state index contributed by atoms with van der Waals surface area (Å²) in [6.07, 6.45) is 0.218. The molecule has 4 heterocycles. The second-order valence-corrected chi connectivity index (χ2v) is 9.82. The van der Waals surface area contributed by atoms with Gasteiger partial charge in [-0.1, -0.05) is 0 Å². The average Bonchev–Trinajstić information content (AvgIpc) is 3.64. The van der Waals surface area contributed by atoms with Gasteiger partial charge in [-0.05, 0) is 44.2 Å². The maximum Gasteiger partial charge on any atom is 0.420 e. The summed E-state index contributed by atoms with van der Waals surface area (Å²) in [5, 5.41) is 0. The van der Waals surface area contributed by atoms with Gasteiger partial charge >= 0.3 is 6.18 Å². The van der Waals surface area contributed by atoms with E-state index in [0.717, 1.165) is 29.8 Å². The van der Waals surface area contributed by atoms with E-state index >= 15 is 0 Å². The van der Waals surface area contributed by atoms with Crippen molar-refractivity contribution in [3.63, 3.8) is 0 Å². The Morgan fingerprint density at radius 2 is 1.86 bits per heavy atom. The Labute approximate surface area is 204 Å². The molecule has 7 nitrogen and oxygen atoms in total. The smallest absolute Gasteiger partial charge is 0.373 e. The van der Waals surface area contributed by atoms with Crippen LogP contribution < -0.4 is 5.56 Å². The Balaban J connectivity index is 1.43. The fourth-order valence-corrected chi connectivity index (χ4v) is 4.92. The van der Waals surface area contributed by atoms with Gasteiger partial charge in [-0.25, -0.2) is 19.9 Å². The molecular weight excluding hydrogens is 471 g/mol. The first-order chi connectivity index (χ1) is 17.2. The quantitative estimate of drug-likeness (QED) is 0.483.